The largest absolute Gasteiger partial charge is 0.485 e. The van der Waals surface area contributed by atoms with E-state index >= 15 is 0 Å². The first-order valence-corrected chi connectivity index (χ1v) is 5.80. The molecule has 1 aromatic carbocycles. The lowest BCUT2D eigenvalue weighted by Gasteiger charge is -2.25. The van der Waals surface area contributed by atoms with Crippen molar-refractivity contribution >= 4 is 5.78 Å². The summed E-state index contributed by atoms with van der Waals surface area (Å²) in [6.07, 6.45) is 0.347. The molecule has 0 N–H and O–H groups in total. The molecular weight excluding hydrogens is 220 g/mol. The number of Topliss-reactive ketones (excluding diaryl/α,β-unsaturated/α-hetero) is 1. The van der Waals surface area contributed by atoms with Crippen LogP contribution < -0.4 is 9.47 Å². The van der Waals surface area contributed by atoms with Crippen LogP contribution in [0, 0.1) is 0 Å². The standard InChI is InChI=1S/C13H16O4/c1-2-7-15-8-10(14)13-9-16-11-5-3-4-6-12(11)17-13/h3-6,13H,2,7-9H2,1H3. The molecule has 0 fully saturated rings. The number of fused-ring (bicyclic) bond motifs is 1. The van der Waals surface area contributed by atoms with Gasteiger partial charge in [-0.3, -0.25) is 4.79 Å². The van der Waals surface area contributed by atoms with Gasteiger partial charge in [-0.25, -0.2) is 0 Å². The van der Waals surface area contributed by atoms with Crippen LogP contribution in [0.5, 0.6) is 11.5 Å². The highest BCUT2D eigenvalue weighted by molar-refractivity contribution is 5.85. The highest BCUT2D eigenvalue weighted by Gasteiger charge is 2.26. The number of hydrogen-bond donors (Lipinski definition) is 0. The van der Waals surface area contributed by atoms with Gasteiger partial charge in [0.15, 0.2) is 17.6 Å². The Balaban J connectivity index is 1.91. The summed E-state index contributed by atoms with van der Waals surface area (Å²) in [6.45, 7) is 2.94. The van der Waals surface area contributed by atoms with E-state index in [0.717, 1.165) is 6.42 Å². The van der Waals surface area contributed by atoms with Crippen LogP contribution in [-0.4, -0.2) is 31.7 Å². The van der Waals surface area contributed by atoms with Crippen molar-refractivity contribution in [1.82, 2.24) is 0 Å². The second-order valence-corrected chi connectivity index (χ2v) is 3.88. The molecule has 2 rings (SSSR count). The molecule has 0 aromatic heterocycles. The van der Waals surface area contributed by atoms with Gasteiger partial charge in [0, 0.05) is 6.61 Å². The van der Waals surface area contributed by atoms with Crippen LogP contribution in [-0.2, 0) is 9.53 Å². The van der Waals surface area contributed by atoms with Crippen LogP contribution in [0.15, 0.2) is 24.3 Å². The monoisotopic (exact) mass is 236 g/mol. The fourth-order valence-corrected chi connectivity index (χ4v) is 1.59. The summed E-state index contributed by atoms with van der Waals surface area (Å²) in [5, 5.41) is 0. The van der Waals surface area contributed by atoms with E-state index in [1.807, 2.05) is 25.1 Å². The van der Waals surface area contributed by atoms with E-state index in [1.54, 1.807) is 6.07 Å². The number of rotatable bonds is 5. The summed E-state index contributed by atoms with van der Waals surface area (Å²) < 4.78 is 16.2. The number of benzene rings is 1. The summed E-state index contributed by atoms with van der Waals surface area (Å²) in [4.78, 5) is 11.8. The molecule has 0 amide bonds. The van der Waals surface area contributed by atoms with Crippen LogP contribution in [0.3, 0.4) is 0 Å². The molecule has 4 heteroatoms. The fourth-order valence-electron chi connectivity index (χ4n) is 1.59. The van der Waals surface area contributed by atoms with Crippen molar-refractivity contribution in [3.05, 3.63) is 24.3 Å². The van der Waals surface area contributed by atoms with E-state index in [4.69, 9.17) is 14.2 Å². The first-order valence-electron chi connectivity index (χ1n) is 5.80. The molecule has 1 aromatic rings. The summed E-state index contributed by atoms with van der Waals surface area (Å²) in [7, 11) is 0. The van der Waals surface area contributed by atoms with Crippen LogP contribution in [0.25, 0.3) is 0 Å². The maximum Gasteiger partial charge on any atom is 0.202 e. The van der Waals surface area contributed by atoms with E-state index < -0.39 is 6.10 Å². The van der Waals surface area contributed by atoms with Gasteiger partial charge in [0.25, 0.3) is 0 Å². The minimum absolute atomic E-state index is 0.0760. The average Bonchev–Trinajstić information content (AvgIpc) is 2.38. The highest BCUT2D eigenvalue weighted by atomic mass is 16.6. The van der Waals surface area contributed by atoms with Crippen molar-refractivity contribution in [3.63, 3.8) is 0 Å². The molecule has 0 saturated heterocycles. The molecule has 0 saturated carbocycles. The van der Waals surface area contributed by atoms with Crippen LogP contribution >= 0.6 is 0 Å². The Morgan fingerprint density at radius 3 is 2.94 bits per heavy atom. The van der Waals surface area contributed by atoms with Crippen molar-refractivity contribution in [3.8, 4) is 11.5 Å². The van der Waals surface area contributed by atoms with E-state index in [2.05, 4.69) is 0 Å². The van der Waals surface area contributed by atoms with Crippen molar-refractivity contribution < 1.29 is 19.0 Å². The maximum absolute atomic E-state index is 11.8. The van der Waals surface area contributed by atoms with Crippen LogP contribution in [0.2, 0.25) is 0 Å². The molecule has 0 radical (unpaired) electrons. The zero-order chi connectivity index (χ0) is 12.1. The lowest BCUT2D eigenvalue weighted by Crippen LogP contribution is -2.38. The number of carbonyl (C=O) groups is 1. The average molecular weight is 236 g/mol. The lowest BCUT2D eigenvalue weighted by atomic mass is 10.2. The molecule has 92 valence electrons. The van der Waals surface area contributed by atoms with E-state index in [1.165, 1.54) is 0 Å². The Labute approximate surface area is 100 Å². The minimum atomic E-state index is -0.554. The predicted octanol–water partition coefficient (Wildman–Crippen LogP) is 1.82. The second-order valence-electron chi connectivity index (χ2n) is 3.88. The van der Waals surface area contributed by atoms with Gasteiger partial charge >= 0.3 is 0 Å². The SMILES string of the molecule is CCCOCC(=O)C1COc2ccccc2O1. The maximum atomic E-state index is 11.8. The number of carbonyl (C=O) groups excluding carboxylic acids is 1. The number of ether oxygens (including phenoxy) is 3. The quantitative estimate of drug-likeness (QED) is 0.731. The summed E-state index contributed by atoms with van der Waals surface area (Å²) in [6, 6.07) is 7.34. The third-order valence-electron chi connectivity index (χ3n) is 2.46. The van der Waals surface area contributed by atoms with E-state index in [-0.39, 0.29) is 19.0 Å². The predicted molar refractivity (Wildman–Crippen MR) is 62.5 cm³/mol. The van der Waals surface area contributed by atoms with E-state index in [9.17, 15) is 4.79 Å². The van der Waals surface area contributed by atoms with Crippen LogP contribution in [0.1, 0.15) is 13.3 Å². The number of para-hydroxylation sites is 2. The van der Waals surface area contributed by atoms with Gasteiger partial charge in [0.1, 0.15) is 13.2 Å². The Bertz CT molecular complexity index is 389. The molecule has 0 spiro atoms. The highest BCUT2D eigenvalue weighted by Crippen LogP contribution is 2.30. The molecule has 1 aliphatic rings. The van der Waals surface area contributed by atoms with Gasteiger partial charge in [-0.2, -0.15) is 0 Å². The van der Waals surface area contributed by atoms with Crippen molar-refractivity contribution in [2.24, 2.45) is 0 Å². The zero-order valence-electron chi connectivity index (χ0n) is 9.85. The van der Waals surface area contributed by atoms with Gasteiger partial charge in [0.2, 0.25) is 5.78 Å². The Morgan fingerprint density at radius 2 is 2.18 bits per heavy atom. The molecule has 0 bridgehead atoms. The number of hydrogen-bond acceptors (Lipinski definition) is 4. The first kappa shape index (κ1) is 11.9. The fraction of sp³-hybridized carbons (Fsp3) is 0.462. The topological polar surface area (TPSA) is 44.8 Å². The van der Waals surface area contributed by atoms with Crippen LogP contribution in [0.4, 0.5) is 0 Å². The zero-order valence-corrected chi connectivity index (χ0v) is 9.85. The molecule has 1 unspecified atom stereocenters. The third kappa shape index (κ3) is 2.97. The van der Waals surface area contributed by atoms with Gasteiger partial charge in [-0.1, -0.05) is 19.1 Å². The van der Waals surface area contributed by atoms with Crippen molar-refractivity contribution in [2.45, 2.75) is 19.4 Å². The molecular formula is C13H16O4. The molecule has 1 aliphatic heterocycles. The Kier molecular flexibility index (Phi) is 3.98. The summed E-state index contributed by atoms with van der Waals surface area (Å²) >= 11 is 0. The summed E-state index contributed by atoms with van der Waals surface area (Å²) in [5.74, 6) is 1.23. The molecule has 1 heterocycles. The minimum Gasteiger partial charge on any atom is -0.485 e. The Hall–Kier alpha value is -1.55. The van der Waals surface area contributed by atoms with Gasteiger partial charge in [-0.05, 0) is 18.6 Å². The first-order chi connectivity index (χ1) is 8.31. The van der Waals surface area contributed by atoms with Gasteiger partial charge < -0.3 is 14.2 Å². The van der Waals surface area contributed by atoms with Gasteiger partial charge in [0.05, 0.1) is 0 Å². The molecule has 0 aliphatic carbocycles. The van der Waals surface area contributed by atoms with E-state index in [0.29, 0.717) is 18.1 Å². The molecule has 4 nitrogen and oxygen atoms in total. The molecule has 1 atom stereocenters. The van der Waals surface area contributed by atoms with Gasteiger partial charge in [-0.15, -0.1) is 0 Å². The van der Waals surface area contributed by atoms with Crippen molar-refractivity contribution in [1.29, 1.82) is 0 Å². The number of ketones is 1. The lowest BCUT2D eigenvalue weighted by molar-refractivity contribution is -0.132. The van der Waals surface area contributed by atoms with Crippen molar-refractivity contribution in [2.75, 3.05) is 19.8 Å². The normalized spacial score (nSPS) is 17.8. The summed E-state index contributed by atoms with van der Waals surface area (Å²) in [5.41, 5.74) is 0. The Morgan fingerprint density at radius 1 is 1.41 bits per heavy atom. The smallest absolute Gasteiger partial charge is 0.202 e. The third-order valence-corrected chi connectivity index (χ3v) is 2.46. The second kappa shape index (κ2) is 5.68. The molecule has 17 heavy (non-hydrogen) atoms.